The molecule has 6 rings (SSSR count). The molecule has 2 saturated heterocycles. The quantitative estimate of drug-likeness (QED) is 0.549. The molecule has 12 heteroatoms. The number of carbonyl (C=O) groups excluding carboxylic acids is 1. The fraction of sp³-hybridized carbons (Fsp3) is 0.238. The largest absolute Gasteiger partial charge is 0.345 e. The first-order chi connectivity index (χ1) is 15.9. The molecule has 1 aromatic carbocycles. The zero-order valence-corrected chi connectivity index (χ0v) is 19.5. The van der Waals surface area contributed by atoms with Gasteiger partial charge in [0.25, 0.3) is 15.9 Å². The fourth-order valence-corrected chi connectivity index (χ4v) is 6.68. The van der Waals surface area contributed by atoms with Gasteiger partial charge in [-0.15, -0.1) is 11.3 Å². The van der Waals surface area contributed by atoms with Crippen LogP contribution < -0.4 is 0 Å². The zero-order chi connectivity index (χ0) is 22.8. The Labute approximate surface area is 198 Å². The molecule has 1 amide bonds. The maximum Gasteiger partial charge on any atom is 0.282 e. The molecule has 0 aliphatic carbocycles. The summed E-state index contributed by atoms with van der Waals surface area (Å²) < 4.78 is 27.6. The van der Waals surface area contributed by atoms with Gasteiger partial charge in [0.15, 0.2) is 5.01 Å². The second kappa shape index (κ2) is 7.40. The van der Waals surface area contributed by atoms with Crippen molar-refractivity contribution in [1.29, 1.82) is 0 Å². The van der Waals surface area contributed by atoms with E-state index in [1.54, 1.807) is 40.4 Å². The van der Waals surface area contributed by atoms with Crippen molar-refractivity contribution in [2.45, 2.75) is 10.8 Å². The Bertz CT molecular complexity index is 1440. The summed E-state index contributed by atoms with van der Waals surface area (Å²) in [5, 5.41) is 3.46. The number of amides is 1. The van der Waals surface area contributed by atoms with Crippen LogP contribution in [0, 0.1) is 0 Å². The minimum Gasteiger partial charge on any atom is -0.345 e. The van der Waals surface area contributed by atoms with Gasteiger partial charge < -0.3 is 9.88 Å². The van der Waals surface area contributed by atoms with Gasteiger partial charge in [0.05, 0.1) is 4.88 Å². The number of carbonyl (C=O) groups is 1. The summed E-state index contributed by atoms with van der Waals surface area (Å²) in [6, 6.07) is 6.76. The lowest BCUT2D eigenvalue weighted by atomic mass is 10.2. The van der Waals surface area contributed by atoms with Crippen LogP contribution >= 0.6 is 22.9 Å². The first kappa shape index (κ1) is 20.9. The van der Waals surface area contributed by atoms with Gasteiger partial charge in [-0.3, -0.25) is 4.79 Å². The summed E-state index contributed by atoms with van der Waals surface area (Å²) >= 11 is 7.30. The van der Waals surface area contributed by atoms with Crippen LogP contribution in [0.1, 0.15) is 14.7 Å². The number of nitrogens with one attached hydrogen (secondary N) is 1. The van der Waals surface area contributed by atoms with E-state index in [2.05, 4.69) is 9.97 Å². The van der Waals surface area contributed by atoms with E-state index in [1.165, 1.54) is 15.6 Å². The van der Waals surface area contributed by atoms with Crippen molar-refractivity contribution in [1.82, 2.24) is 24.2 Å². The lowest BCUT2D eigenvalue weighted by Gasteiger charge is -2.33. The number of benzene rings is 1. The maximum atomic E-state index is 13.1. The minimum atomic E-state index is -3.72. The molecule has 1 atom stereocenters. The number of hydrogen-bond donors (Lipinski definition) is 1. The topological polar surface area (TPSA) is 102 Å². The van der Waals surface area contributed by atoms with Gasteiger partial charge in [-0.2, -0.15) is 4.31 Å². The Morgan fingerprint density at radius 3 is 2.79 bits per heavy atom. The Kier molecular flexibility index (Phi) is 4.68. The predicted octanol–water partition coefficient (Wildman–Crippen LogP) is 2.91. The van der Waals surface area contributed by atoms with Crippen molar-refractivity contribution in [2.75, 3.05) is 26.2 Å². The van der Waals surface area contributed by atoms with E-state index < -0.39 is 15.7 Å². The highest BCUT2D eigenvalue weighted by Gasteiger charge is 2.55. The Balaban J connectivity index is 1.14. The van der Waals surface area contributed by atoms with E-state index in [0.29, 0.717) is 15.5 Å². The number of hydroxylamine groups is 2. The normalized spacial score (nSPS) is 22.7. The summed E-state index contributed by atoms with van der Waals surface area (Å²) in [4.78, 5) is 28.3. The van der Waals surface area contributed by atoms with E-state index in [1.807, 2.05) is 24.4 Å². The molecule has 5 heterocycles. The highest BCUT2D eigenvalue weighted by molar-refractivity contribution is 7.89. The number of piperazine rings is 1. The van der Waals surface area contributed by atoms with E-state index >= 15 is 0 Å². The number of aromatic amines is 1. The third kappa shape index (κ3) is 3.39. The molecule has 3 aliphatic heterocycles. The number of rotatable bonds is 4. The highest BCUT2D eigenvalue weighted by Crippen LogP contribution is 2.49. The van der Waals surface area contributed by atoms with Crippen LogP contribution in [-0.4, -0.2) is 64.7 Å². The number of halogens is 1. The fourth-order valence-electron chi connectivity index (χ4n) is 4.08. The molecule has 1 N–H and O–H groups in total. The summed E-state index contributed by atoms with van der Waals surface area (Å²) in [7, 11) is -3.72. The van der Waals surface area contributed by atoms with Crippen LogP contribution in [0.15, 0.2) is 59.9 Å². The Morgan fingerprint density at radius 2 is 2.00 bits per heavy atom. The Morgan fingerprint density at radius 1 is 1.18 bits per heavy atom. The Hall–Kier alpha value is -2.70. The standard InChI is InChI=1S/C21H18ClN5O4S2/c22-15-3-4-16-14(11-15)12-18(24-16)33(29,30)26-9-7-25(8-10-26)20(28)19-23-13-17(32-19)21-5-1-2-6-27(21)31-21/h1-6,11-13,24H,7-10H2. The van der Waals surface area contributed by atoms with Crippen LogP contribution in [0.2, 0.25) is 5.02 Å². The van der Waals surface area contributed by atoms with E-state index in [4.69, 9.17) is 16.4 Å². The van der Waals surface area contributed by atoms with Crippen molar-refractivity contribution >= 4 is 49.8 Å². The molecule has 3 aliphatic rings. The van der Waals surface area contributed by atoms with Gasteiger partial charge in [-0.05, 0) is 36.4 Å². The number of H-pyrrole nitrogens is 1. The van der Waals surface area contributed by atoms with E-state index in [9.17, 15) is 13.2 Å². The predicted molar refractivity (Wildman–Crippen MR) is 123 cm³/mol. The molecule has 0 spiro atoms. The van der Waals surface area contributed by atoms with Crippen molar-refractivity contribution in [3.63, 3.8) is 0 Å². The molecule has 0 bridgehead atoms. The molecule has 2 fully saturated rings. The van der Waals surface area contributed by atoms with Crippen molar-refractivity contribution < 1.29 is 18.0 Å². The smallest absolute Gasteiger partial charge is 0.282 e. The van der Waals surface area contributed by atoms with Gasteiger partial charge in [0.1, 0.15) is 5.03 Å². The van der Waals surface area contributed by atoms with Gasteiger partial charge in [-0.1, -0.05) is 17.7 Å². The second-order valence-corrected chi connectivity index (χ2v) is 11.3. The molecule has 3 aromatic rings. The van der Waals surface area contributed by atoms with E-state index in [-0.39, 0.29) is 37.1 Å². The van der Waals surface area contributed by atoms with Gasteiger partial charge >= 0.3 is 0 Å². The van der Waals surface area contributed by atoms with E-state index in [0.717, 1.165) is 10.3 Å². The second-order valence-electron chi connectivity index (χ2n) is 7.91. The third-order valence-electron chi connectivity index (χ3n) is 5.93. The average molecular weight is 504 g/mol. The lowest BCUT2D eigenvalue weighted by Crippen LogP contribution is -2.50. The number of allylic oxidation sites excluding steroid dienone is 2. The molecular formula is C21H18ClN5O4S2. The number of sulfonamides is 1. The highest BCUT2D eigenvalue weighted by atomic mass is 35.5. The summed E-state index contributed by atoms with van der Waals surface area (Å²) in [5.41, 5.74) is 0.0500. The number of aromatic nitrogens is 2. The molecule has 1 unspecified atom stereocenters. The first-order valence-electron chi connectivity index (χ1n) is 10.3. The number of thiazole rings is 1. The van der Waals surface area contributed by atoms with Gasteiger partial charge in [-0.25, -0.2) is 23.3 Å². The summed E-state index contributed by atoms with van der Waals surface area (Å²) in [6.07, 6.45) is 9.16. The summed E-state index contributed by atoms with van der Waals surface area (Å²) in [6.45, 7) is 0.985. The molecule has 33 heavy (non-hydrogen) atoms. The molecule has 170 valence electrons. The minimum absolute atomic E-state index is 0.118. The van der Waals surface area contributed by atoms with Gasteiger partial charge in [0, 0.05) is 54.5 Å². The van der Waals surface area contributed by atoms with Crippen molar-refractivity contribution in [2.24, 2.45) is 0 Å². The maximum absolute atomic E-state index is 13.1. The number of hydrogen-bond acceptors (Lipinski definition) is 7. The molecule has 0 radical (unpaired) electrons. The van der Waals surface area contributed by atoms with Crippen molar-refractivity contribution in [3.8, 4) is 0 Å². The molecular weight excluding hydrogens is 486 g/mol. The zero-order valence-electron chi connectivity index (χ0n) is 17.1. The third-order valence-corrected chi connectivity index (χ3v) is 9.08. The summed E-state index contributed by atoms with van der Waals surface area (Å²) in [5.74, 6) is -0.206. The van der Waals surface area contributed by atoms with Gasteiger partial charge in [0.2, 0.25) is 5.72 Å². The average Bonchev–Trinajstić information content (AvgIpc) is 3.15. The first-order valence-corrected chi connectivity index (χ1v) is 12.9. The van der Waals surface area contributed by atoms with Crippen molar-refractivity contribution in [3.05, 3.63) is 69.8 Å². The van der Waals surface area contributed by atoms with Crippen LogP contribution in [0.5, 0.6) is 0 Å². The number of nitrogens with zero attached hydrogens (tertiary/aromatic N) is 4. The van der Waals surface area contributed by atoms with Crippen LogP contribution in [0.4, 0.5) is 0 Å². The molecule has 0 saturated carbocycles. The van der Waals surface area contributed by atoms with Crippen LogP contribution in [0.25, 0.3) is 10.9 Å². The lowest BCUT2D eigenvalue weighted by molar-refractivity contribution is 0.0697. The SMILES string of the molecule is O=C(c1ncc(C23C=CC=CN2O3)s1)N1CCN(S(=O)(=O)c2cc3cc(Cl)ccc3[nH]2)CC1. The monoisotopic (exact) mass is 503 g/mol. The van der Waals surface area contributed by atoms with Crippen LogP contribution in [0.3, 0.4) is 0 Å². The molecule has 9 nitrogen and oxygen atoms in total. The van der Waals surface area contributed by atoms with Crippen LogP contribution in [-0.2, 0) is 20.6 Å². The number of fused-ring (bicyclic) bond motifs is 2. The molecule has 2 aromatic heterocycles.